The van der Waals surface area contributed by atoms with Crippen molar-refractivity contribution in [3.63, 3.8) is 0 Å². The zero-order chi connectivity index (χ0) is 29.0. The molecule has 0 radical (unpaired) electrons. The molecule has 0 saturated carbocycles. The smallest absolute Gasteiger partial charge is 0.257 e. The van der Waals surface area contributed by atoms with Gasteiger partial charge in [-0.05, 0) is 60.4 Å². The molecule has 0 saturated heterocycles. The number of amides is 2. The quantitative estimate of drug-likeness (QED) is 0.180. The number of nitrogens with zero attached hydrogens (tertiary/aromatic N) is 1. The number of hydroxylamine groups is 1. The van der Waals surface area contributed by atoms with Crippen LogP contribution in [0, 0.1) is 10.8 Å². The number of nitrogens with one attached hydrogen (secondary N) is 3. The number of aromatic nitrogens is 1. The topological polar surface area (TPSA) is 137 Å². The highest BCUT2D eigenvalue weighted by molar-refractivity contribution is 7.89. The van der Waals surface area contributed by atoms with Gasteiger partial charge < -0.3 is 5.32 Å². The Morgan fingerprint density at radius 1 is 0.974 bits per heavy atom. The average Bonchev–Trinajstić information content (AvgIpc) is 2.88. The van der Waals surface area contributed by atoms with Crippen molar-refractivity contribution in [2.45, 2.75) is 39.0 Å². The van der Waals surface area contributed by atoms with Gasteiger partial charge in [0.2, 0.25) is 15.9 Å². The lowest BCUT2D eigenvalue weighted by Gasteiger charge is -2.33. The van der Waals surface area contributed by atoms with Crippen LogP contribution in [0.1, 0.15) is 44.5 Å². The Labute approximate surface area is 238 Å². The van der Waals surface area contributed by atoms with Gasteiger partial charge in [0.05, 0.1) is 26.2 Å². The molecule has 0 spiro atoms. The summed E-state index contributed by atoms with van der Waals surface area (Å²) in [7, 11) is -3.98. The third-order valence-electron chi connectivity index (χ3n) is 6.04. The minimum absolute atomic E-state index is 0.0203. The SMILES string of the molecule is CC(C)(CNS(=O)(=O)c1ccc(C(=O)Nc2ccc(Cl)c(-c3ccccn3)c2)c(Cl)c1)CC(C)(C)C(=O)NO. The van der Waals surface area contributed by atoms with Crippen molar-refractivity contribution in [3.8, 4) is 11.3 Å². The van der Waals surface area contributed by atoms with Crippen LogP contribution in [0.15, 0.2) is 65.7 Å². The molecule has 0 fully saturated rings. The summed E-state index contributed by atoms with van der Waals surface area (Å²) in [4.78, 5) is 29.0. The van der Waals surface area contributed by atoms with Crippen LogP contribution < -0.4 is 15.5 Å². The summed E-state index contributed by atoms with van der Waals surface area (Å²) < 4.78 is 28.4. The van der Waals surface area contributed by atoms with Gasteiger partial charge in [-0.15, -0.1) is 0 Å². The summed E-state index contributed by atoms with van der Waals surface area (Å²) in [5.41, 5.74) is 1.91. The number of carbonyl (C=O) groups is 2. The predicted octanol–water partition coefficient (Wildman–Crippen LogP) is 5.53. The maximum Gasteiger partial charge on any atom is 0.257 e. The molecule has 39 heavy (non-hydrogen) atoms. The van der Waals surface area contributed by atoms with Crippen LogP contribution in [0.4, 0.5) is 5.69 Å². The number of halogens is 2. The molecule has 9 nitrogen and oxygen atoms in total. The van der Waals surface area contributed by atoms with Crippen LogP contribution in [0.25, 0.3) is 11.3 Å². The Kier molecular flexibility index (Phi) is 9.40. The summed E-state index contributed by atoms with van der Waals surface area (Å²) in [6.45, 7) is 6.94. The van der Waals surface area contributed by atoms with E-state index in [0.29, 0.717) is 28.4 Å². The molecule has 0 aliphatic rings. The van der Waals surface area contributed by atoms with Crippen LogP contribution in [0.3, 0.4) is 0 Å². The minimum atomic E-state index is -3.98. The Balaban J connectivity index is 1.73. The third-order valence-corrected chi connectivity index (χ3v) is 8.08. The number of carbonyl (C=O) groups excluding carboxylic acids is 2. The maximum absolute atomic E-state index is 13.0. The Morgan fingerprint density at radius 3 is 2.31 bits per heavy atom. The molecule has 0 atom stereocenters. The molecule has 208 valence electrons. The molecule has 3 aromatic rings. The molecule has 0 aliphatic carbocycles. The average molecular weight is 594 g/mol. The highest BCUT2D eigenvalue weighted by atomic mass is 35.5. The monoisotopic (exact) mass is 592 g/mol. The predicted molar refractivity (Wildman–Crippen MR) is 151 cm³/mol. The first-order chi connectivity index (χ1) is 18.1. The van der Waals surface area contributed by atoms with Crippen molar-refractivity contribution in [2.75, 3.05) is 11.9 Å². The summed E-state index contributed by atoms with van der Waals surface area (Å²) in [5.74, 6) is -1.10. The normalized spacial score (nSPS) is 12.2. The molecule has 1 heterocycles. The van der Waals surface area contributed by atoms with E-state index in [9.17, 15) is 18.0 Å². The number of rotatable bonds is 10. The van der Waals surface area contributed by atoms with Gasteiger partial charge in [-0.25, -0.2) is 18.6 Å². The molecule has 3 rings (SSSR count). The van der Waals surface area contributed by atoms with Gasteiger partial charge in [-0.3, -0.25) is 19.8 Å². The van der Waals surface area contributed by atoms with Gasteiger partial charge in [-0.2, -0.15) is 0 Å². The molecule has 0 aliphatic heterocycles. The molecule has 4 N–H and O–H groups in total. The van der Waals surface area contributed by atoms with Crippen LogP contribution in [-0.2, 0) is 14.8 Å². The highest BCUT2D eigenvalue weighted by Crippen LogP contribution is 2.34. The molecule has 12 heteroatoms. The zero-order valence-corrected chi connectivity index (χ0v) is 24.2. The number of pyridine rings is 1. The lowest BCUT2D eigenvalue weighted by atomic mass is 9.75. The number of sulfonamides is 1. The zero-order valence-electron chi connectivity index (χ0n) is 21.9. The number of hydrogen-bond acceptors (Lipinski definition) is 6. The van der Waals surface area contributed by atoms with Crippen molar-refractivity contribution in [1.82, 2.24) is 15.2 Å². The number of benzene rings is 2. The van der Waals surface area contributed by atoms with E-state index in [4.69, 9.17) is 28.4 Å². The van der Waals surface area contributed by atoms with Gasteiger partial charge in [0.25, 0.3) is 5.91 Å². The first-order valence-electron chi connectivity index (χ1n) is 11.9. The van der Waals surface area contributed by atoms with Crippen molar-refractivity contribution < 1.29 is 23.2 Å². The van der Waals surface area contributed by atoms with E-state index in [1.54, 1.807) is 69.7 Å². The van der Waals surface area contributed by atoms with Gasteiger partial charge in [0.1, 0.15) is 0 Å². The summed E-state index contributed by atoms with van der Waals surface area (Å²) in [5, 5.41) is 12.1. The van der Waals surface area contributed by atoms with Crippen LogP contribution in [0.2, 0.25) is 10.0 Å². The van der Waals surface area contributed by atoms with Crippen LogP contribution in [-0.4, -0.2) is 37.0 Å². The third kappa shape index (κ3) is 7.77. The highest BCUT2D eigenvalue weighted by Gasteiger charge is 2.35. The Hall–Kier alpha value is -3.02. The molecular weight excluding hydrogens is 563 g/mol. The summed E-state index contributed by atoms with van der Waals surface area (Å²) in [6.07, 6.45) is 1.93. The number of anilines is 1. The standard InChI is InChI=1S/C27H30Cl2N4O5S/c1-26(2,15-27(3,4)25(35)33-36)16-31-39(37,38)18-9-10-19(22(29)14-18)24(34)32-17-8-11-21(28)20(13-17)23-7-5-6-12-30-23/h5-14,31,36H,15-16H2,1-4H3,(H,32,34)(H,33,35). The van der Waals surface area contributed by atoms with Crippen molar-refractivity contribution in [3.05, 3.63) is 76.4 Å². The molecule has 1 aromatic heterocycles. The lowest BCUT2D eigenvalue weighted by molar-refractivity contribution is -0.139. The molecular formula is C27H30Cl2N4O5S. The molecule has 0 unspecified atom stereocenters. The molecule has 2 amide bonds. The fraction of sp³-hybridized carbons (Fsp3) is 0.296. The Bertz CT molecular complexity index is 1480. The summed E-state index contributed by atoms with van der Waals surface area (Å²) >= 11 is 12.6. The van der Waals surface area contributed by atoms with Gasteiger partial charge in [0, 0.05) is 29.4 Å². The van der Waals surface area contributed by atoms with Crippen LogP contribution >= 0.6 is 23.2 Å². The van der Waals surface area contributed by atoms with E-state index < -0.39 is 32.7 Å². The van der Waals surface area contributed by atoms with Gasteiger partial charge >= 0.3 is 0 Å². The fourth-order valence-corrected chi connectivity index (χ4v) is 6.04. The maximum atomic E-state index is 13.0. The summed E-state index contributed by atoms with van der Waals surface area (Å²) in [6, 6.07) is 14.2. The van der Waals surface area contributed by atoms with E-state index in [0.717, 1.165) is 0 Å². The van der Waals surface area contributed by atoms with E-state index in [2.05, 4.69) is 15.0 Å². The second kappa shape index (κ2) is 12.0. The van der Waals surface area contributed by atoms with Crippen molar-refractivity contribution in [1.29, 1.82) is 0 Å². The largest absolute Gasteiger partial charge is 0.322 e. The number of hydrogen-bond donors (Lipinski definition) is 4. The molecule has 0 bridgehead atoms. The second-order valence-corrected chi connectivity index (χ2v) is 13.1. The van der Waals surface area contributed by atoms with Gasteiger partial charge in [0.15, 0.2) is 0 Å². The van der Waals surface area contributed by atoms with E-state index in [1.807, 2.05) is 6.07 Å². The van der Waals surface area contributed by atoms with E-state index in [1.165, 1.54) is 18.2 Å². The Morgan fingerprint density at radius 2 is 1.69 bits per heavy atom. The first-order valence-corrected chi connectivity index (χ1v) is 14.2. The second-order valence-electron chi connectivity index (χ2n) is 10.5. The van der Waals surface area contributed by atoms with Crippen molar-refractivity contribution >= 4 is 50.7 Å². The minimum Gasteiger partial charge on any atom is -0.322 e. The van der Waals surface area contributed by atoms with E-state index in [-0.39, 0.29) is 22.0 Å². The van der Waals surface area contributed by atoms with Crippen molar-refractivity contribution in [2.24, 2.45) is 10.8 Å². The lowest BCUT2D eigenvalue weighted by Crippen LogP contribution is -2.42. The fourth-order valence-electron chi connectivity index (χ4n) is 4.23. The first kappa shape index (κ1) is 30.5. The van der Waals surface area contributed by atoms with Crippen LogP contribution in [0.5, 0.6) is 0 Å². The van der Waals surface area contributed by atoms with E-state index >= 15 is 0 Å². The molecule has 2 aromatic carbocycles. The van der Waals surface area contributed by atoms with Gasteiger partial charge in [-0.1, -0.05) is 57.0 Å².